The molecule has 1 aliphatic rings. The van der Waals surface area contributed by atoms with Gasteiger partial charge in [0.1, 0.15) is 5.69 Å². The minimum Gasteiger partial charge on any atom is -0.392 e. The molecule has 2 aromatic heterocycles. The molecule has 1 aliphatic heterocycles. The van der Waals surface area contributed by atoms with Gasteiger partial charge in [-0.15, -0.1) is 11.3 Å². The van der Waals surface area contributed by atoms with Gasteiger partial charge in [-0.2, -0.15) is 0 Å². The van der Waals surface area contributed by atoms with Crippen molar-refractivity contribution in [1.82, 2.24) is 20.3 Å². The van der Waals surface area contributed by atoms with Gasteiger partial charge in [0.05, 0.1) is 46.3 Å². The number of rotatable bonds is 10. The summed E-state index contributed by atoms with van der Waals surface area (Å²) in [5, 5.41) is 12.6. The molecule has 52 heavy (non-hydrogen) atoms. The predicted molar refractivity (Wildman–Crippen MR) is 206 cm³/mol. The van der Waals surface area contributed by atoms with E-state index in [1.165, 1.54) is 10.9 Å². The lowest BCUT2D eigenvalue weighted by Crippen LogP contribution is -2.38. The molecule has 4 unspecified atom stereocenters. The van der Waals surface area contributed by atoms with E-state index in [9.17, 15) is 9.90 Å². The van der Waals surface area contributed by atoms with Gasteiger partial charge < -0.3 is 19.9 Å². The summed E-state index contributed by atoms with van der Waals surface area (Å²) in [5.74, 6) is 0.515. The number of hydrogen-bond donors (Lipinski definition) is 2. The van der Waals surface area contributed by atoms with Crippen molar-refractivity contribution < 1.29 is 19.4 Å². The van der Waals surface area contributed by atoms with Crippen molar-refractivity contribution in [3.05, 3.63) is 155 Å². The third kappa shape index (κ3) is 7.48. The summed E-state index contributed by atoms with van der Waals surface area (Å²) >= 11 is 3.42. The number of aliphatic hydroxyl groups is 1. The number of fused-ring (bicyclic) bond motifs is 2. The van der Waals surface area contributed by atoms with Crippen molar-refractivity contribution in [2.45, 2.75) is 42.9 Å². The number of nitrogens with one attached hydrogen (secondary N) is 1. The standard InChI is InChI=1S/C42H36N4O4S2/c1-26-37(25-51-42-46-35-14-4-5-15-38(35)52-42)49-41(50-39(26)29-18-16-27(24-47)17-19-29)32-11-7-10-31(21-32)30-9-6-8-28(20-30)22-44-40(48)36-23-43-33-12-2-3-13-34(33)45-36/h2-21,23,26,37,39,41,47H,22,24-25H2,1H3,(H,44,48). The van der Waals surface area contributed by atoms with E-state index >= 15 is 0 Å². The minimum atomic E-state index is -0.592. The highest BCUT2D eigenvalue weighted by Crippen LogP contribution is 2.44. The Morgan fingerprint density at radius 1 is 0.788 bits per heavy atom. The number of thiazole rings is 1. The second-order valence-electron chi connectivity index (χ2n) is 12.8. The van der Waals surface area contributed by atoms with Crippen LogP contribution in [-0.4, -0.2) is 37.8 Å². The van der Waals surface area contributed by atoms with Gasteiger partial charge in [0, 0.05) is 23.8 Å². The van der Waals surface area contributed by atoms with Crippen LogP contribution in [-0.2, 0) is 22.6 Å². The Morgan fingerprint density at radius 3 is 2.35 bits per heavy atom. The number of aliphatic hydroxyl groups excluding tert-OH is 1. The molecule has 0 bridgehead atoms. The molecule has 3 heterocycles. The quantitative estimate of drug-likeness (QED) is 0.135. The summed E-state index contributed by atoms with van der Waals surface area (Å²) in [6.07, 6.45) is 0.593. The van der Waals surface area contributed by atoms with Gasteiger partial charge in [0.2, 0.25) is 0 Å². The molecular formula is C42H36N4O4S2. The highest BCUT2D eigenvalue weighted by Gasteiger charge is 2.38. The molecular weight excluding hydrogens is 689 g/mol. The summed E-state index contributed by atoms with van der Waals surface area (Å²) in [5.41, 5.74) is 8.55. The van der Waals surface area contributed by atoms with Crippen molar-refractivity contribution in [1.29, 1.82) is 0 Å². The molecule has 5 aromatic carbocycles. The van der Waals surface area contributed by atoms with E-state index in [-0.39, 0.29) is 36.3 Å². The third-order valence-electron chi connectivity index (χ3n) is 9.32. The van der Waals surface area contributed by atoms with Crippen LogP contribution in [0, 0.1) is 5.92 Å². The molecule has 0 spiro atoms. The maximum atomic E-state index is 13.0. The third-order valence-corrected chi connectivity index (χ3v) is 11.6. The first-order valence-corrected chi connectivity index (χ1v) is 19.0. The molecule has 10 heteroatoms. The maximum Gasteiger partial charge on any atom is 0.271 e. The van der Waals surface area contributed by atoms with E-state index in [0.29, 0.717) is 12.1 Å². The Kier molecular flexibility index (Phi) is 10.1. The van der Waals surface area contributed by atoms with Crippen molar-refractivity contribution in [3.8, 4) is 11.1 Å². The number of carbonyl (C=O) groups excluding carboxylic acids is 1. The highest BCUT2D eigenvalue weighted by atomic mass is 32.2. The SMILES string of the molecule is CC1C(CSc2nc3ccccc3s2)OC(c2cccc(-c3cccc(CNC(=O)c4cnc5ccccc5n4)c3)c2)OC1c1ccc(CO)cc1. The summed E-state index contributed by atoms with van der Waals surface area (Å²) in [4.78, 5) is 26.6. The largest absolute Gasteiger partial charge is 0.392 e. The number of carbonyl (C=O) groups is 1. The zero-order valence-corrected chi connectivity index (χ0v) is 30.0. The molecule has 260 valence electrons. The van der Waals surface area contributed by atoms with Crippen LogP contribution in [0.2, 0.25) is 0 Å². The number of amides is 1. The lowest BCUT2D eigenvalue weighted by atomic mass is 9.91. The van der Waals surface area contributed by atoms with Crippen molar-refractivity contribution in [2.24, 2.45) is 5.92 Å². The number of benzene rings is 5. The Hall–Kier alpha value is -4.97. The number of aromatic nitrogens is 3. The Morgan fingerprint density at radius 2 is 1.54 bits per heavy atom. The van der Waals surface area contributed by atoms with E-state index in [0.717, 1.165) is 54.5 Å². The van der Waals surface area contributed by atoms with Gasteiger partial charge in [-0.25, -0.2) is 9.97 Å². The lowest BCUT2D eigenvalue weighted by molar-refractivity contribution is -0.268. The smallest absolute Gasteiger partial charge is 0.271 e. The van der Waals surface area contributed by atoms with Crippen LogP contribution in [0.25, 0.3) is 32.4 Å². The van der Waals surface area contributed by atoms with Crippen molar-refractivity contribution >= 4 is 50.3 Å². The highest BCUT2D eigenvalue weighted by molar-refractivity contribution is 8.01. The molecule has 1 amide bonds. The fraction of sp³-hybridized carbons (Fsp3) is 0.190. The molecule has 1 saturated heterocycles. The van der Waals surface area contributed by atoms with E-state index in [2.05, 4.69) is 52.5 Å². The van der Waals surface area contributed by atoms with Gasteiger partial charge >= 0.3 is 0 Å². The van der Waals surface area contributed by atoms with Gasteiger partial charge in [0.15, 0.2) is 10.6 Å². The molecule has 4 atom stereocenters. The first-order chi connectivity index (χ1) is 25.5. The van der Waals surface area contributed by atoms with E-state index in [1.54, 1.807) is 23.1 Å². The van der Waals surface area contributed by atoms with Crippen molar-refractivity contribution in [3.63, 3.8) is 0 Å². The number of thioether (sulfide) groups is 1. The second kappa shape index (κ2) is 15.3. The average Bonchev–Trinajstić information content (AvgIpc) is 3.63. The van der Waals surface area contributed by atoms with Crippen molar-refractivity contribution in [2.75, 3.05) is 5.75 Å². The van der Waals surface area contributed by atoms with Crippen LogP contribution in [0.3, 0.4) is 0 Å². The fourth-order valence-corrected chi connectivity index (χ4v) is 8.70. The van der Waals surface area contributed by atoms with Gasteiger partial charge in [-0.05, 0) is 64.2 Å². The topological polar surface area (TPSA) is 106 Å². The van der Waals surface area contributed by atoms with Crippen LogP contribution in [0.5, 0.6) is 0 Å². The van der Waals surface area contributed by atoms with Crippen LogP contribution in [0.4, 0.5) is 0 Å². The summed E-state index contributed by atoms with van der Waals surface area (Å²) in [7, 11) is 0. The second-order valence-corrected chi connectivity index (χ2v) is 15.1. The fourth-order valence-electron chi connectivity index (χ4n) is 6.44. The van der Waals surface area contributed by atoms with E-state index in [1.807, 2.05) is 91.0 Å². The number of ether oxygens (including phenoxy) is 2. The number of nitrogens with zero attached hydrogens (tertiary/aromatic N) is 3. The molecule has 8 rings (SSSR count). The molecule has 7 aromatic rings. The Bertz CT molecular complexity index is 2310. The Balaban J connectivity index is 1.01. The average molecular weight is 725 g/mol. The monoisotopic (exact) mass is 724 g/mol. The zero-order valence-electron chi connectivity index (χ0n) is 28.4. The van der Waals surface area contributed by atoms with E-state index in [4.69, 9.17) is 14.5 Å². The minimum absolute atomic E-state index is 0.00593. The molecule has 2 N–H and O–H groups in total. The maximum absolute atomic E-state index is 13.0. The van der Waals surface area contributed by atoms with Crippen LogP contribution in [0.1, 0.15) is 52.1 Å². The van der Waals surface area contributed by atoms with Crippen LogP contribution >= 0.6 is 23.1 Å². The van der Waals surface area contributed by atoms with Gasteiger partial charge in [-0.3, -0.25) is 9.78 Å². The van der Waals surface area contributed by atoms with Gasteiger partial charge in [0.25, 0.3) is 5.91 Å². The molecule has 0 aliphatic carbocycles. The summed E-state index contributed by atoms with van der Waals surface area (Å²) < 4.78 is 15.7. The predicted octanol–water partition coefficient (Wildman–Crippen LogP) is 8.91. The van der Waals surface area contributed by atoms with Crippen LogP contribution < -0.4 is 5.32 Å². The molecule has 1 fully saturated rings. The number of para-hydroxylation sites is 3. The molecule has 0 radical (unpaired) electrons. The zero-order chi connectivity index (χ0) is 35.4. The normalized spacial score (nSPS) is 18.8. The van der Waals surface area contributed by atoms with E-state index < -0.39 is 6.29 Å². The summed E-state index contributed by atoms with van der Waals surface area (Å²) in [6, 6.07) is 40.1. The number of hydrogen-bond acceptors (Lipinski definition) is 9. The summed E-state index contributed by atoms with van der Waals surface area (Å²) in [6.45, 7) is 2.52. The molecule has 0 saturated carbocycles. The molecule has 8 nitrogen and oxygen atoms in total. The lowest BCUT2D eigenvalue weighted by Gasteiger charge is -2.41. The van der Waals surface area contributed by atoms with Crippen LogP contribution in [0.15, 0.2) is 132 Å². The first-order valence-electron chi connectivity index (χ1n) is 17.2. The Labute approximate surface area is 309 Å². The van der Waals surface area contributed by atoms with Gasteiger partial charge in [-0.1, -0.05) is 104 Å². The first kappa shape index (κ1) is 34.1.